The summed E-state index contributed by atoms with van der Waals surface area (Å²) in [7, 11) is 4.17. The van der Waals surface area contributed by atoms with Gasteiger partial charge in [0, 0.05) is 31.8 Å². The fourth-order valence-electron chi connectivity index (χ4n) is 1.36. The van der Waals surface area contributed by atoms with Crippen molar-refractivity contribution in [3.63, 3.8) is 0 Å². The fourth-order valence-corrected chi connectivity index (χ4v) is 1.36. The highest BCUT2D eigenvalue weighted by Crippen LogP contribution is 2.08. The molecular weight excluding hydrogens is 162 g/mol. The zero-order valence-electron chi connectivity index (χ0n) is 8.45. The molecule has 1 heterocycles. The van der Waals surface area contributed by atoms with E-state index in [-0.39, 0.29) is 0 Å². The molecule has 0 radical (unpaired) electrons. The summed E-state index contributed by atoms with van der Waals surface area (Å²) in [6, 6.07) is 2.21. The molecule has 1 rings (SSSR count). The van der Waals surface area contributed by atoms with E-state index in [2.05, 4.69) is 30.0 Å². The quantitative estimate of drug-likeness (QED) is 0.639. The summed E-state index contributed by atoms with van der Waals surface area (Å²) >= 11 is 0. The van der Waals surface area contributed by atoms with Crippen LogP contribution >= 0.6 is 0 Å². The van der Waals surface area contributed by atoms with Crippen molar-refractivity contribution in [3.05, 3.63) is 11.6 Å². The molecule has 0 aromatic heterocycles. The maximum Gasteiger partial charge on any atom is 0.0944 e. The van der Waals surface area contributed by atoms with Crippen LogP contribution in [0.1, 0.15) is 6.42 Å². The van der Waals surface area contributed by atoms with E-state index in [9.17, 15) is 0 Å². The Morgan fingerprint density at radius 3 is 2.85 bits per heavy atom. The normalized spacial score (nSPS) is 18.5. The Hall–Kier alpha value is -0.850. The van der Waals surface area contributed by atoms with Gasteiger partial charge < -0.3 is 4.90 Å². The summed E-state index contributed by atoms with van der Waals surface area (Å²) in [6.45, 7) is 4.17. The zero-order chi connectivity index (χ0) is 9.68. The molecule has 0 aromatic rings. The first-order chi connectivity index (χ1) is 6.22. The number of nitriles is 1. The van der Waals surface area contributed by atoms with E-state index in [0.717, 1.165) is 38.2 Å². The molecule has 0 bridgehead atoms. The predicted molar refractivity (Wildman–Crippen MR) is 53.3 cm³/mol. The lowest BCUT2D eigenvalue weighted by Crippen LogP contribution is -2.34. The first-order valence-corrected chi connectivity index (χ1v) is 4.68. The Bertz CT molecular complexity index is 225. The van der Waals surface area contributed by atoms with Crippen molar-refractivity contribution in [2.45, 2.75) is 6.42 Å². The van der Waals surface area contributed by atoms with Gasteiger partial charge in [0.1, 0.15) is 0 Å². The Balaban J connectivity index is 2.26. The molecule has 0 fully saturated rings. The van der Waals surface area contributed by atoms with Gasteiger partial charge in [-0.25, -0.2) is 0 Å². The molecule has 0 unspecified atom stereocenters. The van der Waals surface area contributed by atoms with Gasteiger partial charge in [0.25, 0.3) is 0 Å². The molecule has 3 nitrogen and oxygen atoms in total. The molecule has 0 amide bonds. The van der Waals surface area contributed by atoms with Crippen LogP contribution in [0.5, 0.6) is 0 Å². The molecule has 13 heavy (non-hydrogen) atoms. The fraction of sp³-hybridized carbons (Fsp3) is 0.700. The minimum Gasteiger partial charge on any atom is -0.308 e. The van der Waals surface area contributed by atoms with Crippen molar-refractivity contribution in [1.82, 2.24) is 9.80 Å². The number of nitrogens with zero attached hydrogens (tertiary/aromatic N) is 3. The van der Waals surface area contributed by atoms with Gasteiger partial charge in [-0.05, 0) is 20.5 Å². The third-order valence-corrected chi connectivity index (χ3v) is 2.30. The van der Waals surface area contributed by atoms with Gasteiger partial charge in [-0.2, -0.15) is 5.26 Å². The first kappa shape index (κ1) is 10.2. The highest BCUT2D eigenvalue weighted by molar-refractivity contribution is 5.22. The van der Waals surface area contributed by atoms with Crippen molar-refractivity contribution in [1.29, 1.82) is 5.26 Å². The molecule has 0 aromatic carbocycles. The van der Waals surface area contributed by atoms with Crippen LogP contribution < -0.4 is 0 Å². The second-order valence-electron chi connectivity index (χ2n) is 3.70. The van der Waals surface area contributed by atoms with Crippen molar-refractivity contribution in [2.75, 3.05) is 40.3 Å². The third kappa shape index (κ3) is 3.58. The Morgan fingerprint density at radius 1 is 1.62 bits per heavy atom. The number of hydrogen-bond donors (Lipinski definition) is 0. The first-order valence-electron chi connectivity index (χ1n) is 4.68. The number of hydrogen-bond acceptors (Lipinski definition) is 3. The molecule has 3 heteroatoms. The lowest BCUT2D eigenvalue weighted by molar-refractivity contribution is 0.256. The molecule has 0 spiro atoms. The molecule has 0 saturated carbocycles. The Kier molecular flexibility index (Phi) is 3.94. The van der Waals surface area contributed by atoms with E-state index in [1.807, 2.05) is 6.08 Å². The summed E-state index contributed by atoms with van der Waals surface area (Å²) < 4.78 is 0. The smallest absolute Gasteiger partial charge is 0.0944 e. The highest BCUT2D eigenvalue weighted by atomic mass is 15.2. The van der Waals surface area contributed by atoms with Crippen LogP contribution in [-0.4, -0.2) is 50.1 Å². The van der Waals surface area contributed by atoms with E-state index < -0.39 is 0 Å². The minimum absolute atomic E-state index is 0.921. The minimum atomic E-state index is 0.921. The van der Waals surface area contributed by atoms with Crippen molar-refractivity contribution in [2.24, 2.45) is 0 Å². The third-order valence-electron chi connectivity index (χ3n) is 2.30. The van der Waals surface area contributed by atoms with E-state index in [4.69, 9.17) is 5.26 Å². The van der Waals surface area contributed by atoms with E-state index in [0.29, 0.717) is 0 Å². The van der Waals surface area contributed by atoms with Crippen LogP contribution in [0.2, 0.25) is 0 Å². The van der Waals surface area contributed by atoms with Gasteiger partial charge in [0.2, 0.25) is 0 Å². The van der Waals surface area contributed by atoms with Crippen LogP contribution in [0.15, 0.2) is 11.6 Å². The van der Waals surface area contributed by atoms with Gasteiger partial charge in [-0.3, -0.25) is 4.90 Å². The van der Waals surface area contributed by atoms with Gasteiger partial charge >= 0.3 is 0 Å². The van der Waals surface area contributed by atoms with Gasteiger partial charge in [-0.15, -0.1) is 0 Å². The Labute approximate surface area is 80.2 Å². The maximum absolute atomic E-state index is 8.65. The number of rotatable bonds is 3. The van der Waals surface area contributed by atoms with Crippen molar-refractivity contribution in [3.8, 4) is 6.07 Å². The summed E-state index contributed by atoms with van der Waals surface area (Å²) in [6.07, 6.45) is 2.96. The van der Waals surface area contributed by atoms with Crippen LogP contribution in [0, 0.1) is 11.3 Å². The molecule has 1 aliphatic heterocycles. The monoisotopic (exact) mass is 179 g/mol. The molecule has 1 aliphatic rings. The van der Waals surface area contributed by atoms with E-state index >= 15 is 0 Å². The molecule has 0 aliphatic carbocycles. The van der Waals surface area contributed by atoms with Crippen molar-refractivity contribution >= 4 is 0 Å². The predicted octanol–water partition coefficient (Wildman–Crippen LogP) is 0.704. The van der Waals surface area contributed by atoms with Gasteiger partial charge in [-0.1, -0.05) is 6.08 Å². The number of likely N-dealkylation sites (N-methyl/N-ethyl adjacent to an activating group) is 1. The van der Waals surface area contributed by atoms with Crippen LogP contribution in [0.25, 0.3) is 0 Å². The molecule has 0 atom stereocenters. The SMILES string of the molecule is CN(C)CCN1CC=C(C#N)CC1. The van der Waals surface area contributed by atoms with E-state index in [1.54, 1.807) is 0 Å². The second-order valence-corrected chi connectivity index (χ2v) is 3.70. The highest BCUT2D eigenvalue weighted by Gasteiger charge is 2.10. The Morgan fingerprint density at radius 2 is 2.38 bits per heavy atom. The maximum atomic E-state index is 8.65. The standard InChI is InChI=1S/C10H17N3/c1-12(2)7-8-13-5-3-10(9-11)4-6-13/h3H,4-8H2,1-2H3. The van der Waals surface area contributed by atoms with Crippen LogP contribution in [0.4, 0.5) is 0 Å². The molecular formula is C10H17N3. The van der Waals surface area contributed by atoms with Crippen molar-refractivity contribution < 1.29 is 0 Å². The molecule has 0 N–H and O–H groups in total. The summed E-state index contributed by atoms with van der Waals surface area (Å²) in [4.78, 5) is 4.56. The zero-order valence-corrected chi connectivity index (χ0v) is 8.45. The van der Waals surface area contributed by atoms with Crippen LogP contribution in [0.3, 0.4) is 0 Å². The van der Waals surface area contributed by atoms with E-state index in [1.165, 1.54) is 0 Å². The lowest BCUT2D eigenvalue weighted by atomic mass is 10.1. The summed E-state index contributed by atoms with van der Waals surface area (Å²) in [5, 5.41) is 8.65. The lowest BCUT2D eigenvalue weighted by Gasteiger charge is -2.25. The molecule has 72 valence electrons. The molecule has 0 saturated heterocycles. The average molecular weight is 179 g/mol. The average Bonchev–Trinajstić information content (AvgIpc) is 2.15. The van der Waals surface area contributed by atoms with Gasteiger partial charge in [0.05, 0.1) is 6.07 Å². The van der Waals surface area contributed by atoms with Gasteiger partial charge in [0.15, 0.2) is 0 Å². The second kappa shape index (κ2) is 5.00. The largest absolute Gasteiger partial charge is 0.308 e. The topological polar surface area (TPSA) is 30.3 Å². The summed E-state index contributed by atoms with van der Waals surface area (Å²) in [5.41, 5.74) is 0.945. The summed E-state index contributed by atoms with van der Waals surface area (Å²) in [5.74, 6) is 0. The van der Waals surface area contributed by atoms with Crippen LogP contribution in [-0.2, 0) is 0 Å².